The average Bonchev–Trinajstić information content (AvgIpc) is 3.04. The van der Waals surface area contributed by atoms with Gasteiger partial charge in [-0.1, -0.05) is 18.2 Å². The van der Waals surface area contributed by atoms with Crippen molar-refractivity contribution in [2.45, 2.75) is 61.4 Å². The first kappa shape index (κ1) is 34.8. The van der Waals surface area contributed by atoms with Crippen molar-refractivity contribution in [3.8, 4) is 17.2 Å². The molecule has 10 atom stereocenters. The molecule has 0 saturated carbocycles. The van der Waals surface area contributed by atoms with Crippen LogP contribution in [0.2, 0.25) is 0 Å². The van der Waals surface area contributed by atoms with Gasteiger partial charge in [0.05, 0.1) is 6.61 Å². The van der Waals surface area contributed by atoms with Crippen LogP contribution < -0.4 is 4.74 Å². The molecule has 0 amide bonds. The van der Waals surface area contributed by atoms with Gasteiger partial charge in [-0.3, -0.25) is 0 Å². The quantitative estimate of drug-likeness (QED) is 0.0985. The molecule has 2 heterocycles. The first-order valence-electron chi connectivity index (χ1n) is 13.9. The molecule has 16 nitrogen and oxygen atoms in total. The summed E-state index contributed by atoms with van der Waals surface area (Å²) in [5.74, 6) is -2.49. The Hall–Kier alpha value is -4.10. The molecule has 2 aromatic rings. The first-order valence-corrected chi connectivity index (χ1v) is 13.9. The van der Waals surface area contributed by atoms with Gasteiger partial charge in [0, 0.05) is 12.2 Å². The van der Waals surface area contributed by atoms with Crippen LogP contribution in [0.4, 0.5) is 0 Å². The molecule has 9 N–H and O–H groups in total. The Morgan fingerprint density at radius 2 is 1.26 bits per heavy atom. The standard InChI is InChI=1S/C30H34O16/c31-12-19-23(36)25(38)28(41)30(44-19)46-22(35)10-5-15-3-8-18(17(33)11-15)43-29-27(40)26(39)24(37)20(45-29)13-42-21(34)9-4-14-1-6-16(32)7-2-14/h1-11,19-20,23-33,36-41H,12-13H2/b9-4+,10-5+/t19-,20-,23-,24-,25+,26+,27-,28-,29-,30+/m1/s1. The number of phenolic OH excluding ortho intramolecular Hbond substituents is 2. The fraction of sp³-hybridized carbons (Fsp3) is 0.400. The number of hydrogen-bond acceptors (Lipinski definition) is 16. The van der Waals surface area contributed by atoms with E-state index in [9.17, 15) is 55.5 Å². The minimum absolute atomic E-state index is 0.0522. The average molecular weight is 651 g/mol. The molecule has 0 aliphatic carbocycles. The summed E-state index contributed by atoms with van der Waals surface area (Å²) < 4.78 is 26.1. The summed E-state index contributed by atoms with van der Waals surface area (Å²) >= 11 is 0. The van der Waals surface area contributed by atoms with Crippen molar-refractivity contribution in [1.29, 1.82) is 0 Å². The van der Waals surface area contributed by atoms with Gasteiger partial charge in [0.2, 0.25) is 12.6 Å². The highest BCUT2D eigenvalue weighted by molar-refractivity contribution is 5.87. The fourth-order valence-electron chi connectivity index (χ4n) is 4.46. The van der Waals surface area contributed by atoms with E-state index in [0.717, 1.165) is 18.2 Å². The van der Waals surface area contributed by atoms with Crippen molar-refractivity contribution in [1.82, 2.24) is 0 Å². The van der Waals surface area contributed by atoms with Crippen molar-refractivity contribution < 1.29 is 79.2 Å². The molecule has 250 valence electrons. The Morgan fingerprint density at radius 1 is 0.696 bits per heavy atom. The molecule has 0 radical (unpaired) electrons. The number of hydrogen-bond donors (Lipinski definition) is 9. The van der Waals surface area contributed by atoms with Crippen molar-refractivity contribution in [3.63, 3.8) is 0 Å². The summed E-state index contributed by atoms with van der Waals surface area (Å²) in [5, 5.41) is 89.7. The Morgan fingerprint density at radius 3 is 1.91 bits per heavy atom. The highest BCUT2D eigenvalue weighted by atomic mass is 16.7. The number of ether oxygens (including phenoxy) is 5. The summed E-state index contributed by atoms with van der Waals surface area (Å²) in [4.78, 5) is 24.4. The van der Waals surface area contributed by atoms with Crippen LogP contribution >= 0.6 is 0 Å². The van der Waals surface area contributed by atoms with Gasteiger partial charge in [-0.05, 0) is 47.5 Å². The Bertz CT molecular complexity index is 1390. The van der Waals surface area contributed by atoms with E-state index in [2.05, 4.69) is 0 Å². The van der Waals surface area contributed by atoms with Gasteiger partial charge in [0.25, 0.3) is 0 Å². The number of aromatic hydroxyl groups is 2. The van der Waals surface area contributed by atoms with Crippen molar-refractivity contribution in [2.24, 2.45) is 0 Å². The van der Waals surface area contributed by atoms with Crippen LogP contribution in [0.1, 0.15) is 11.1 Å². The molecule has 4 rings (SSSR count). The maximum absolute atomic E-state index is 12.2. The summed E-state index contributed by atoms with van der Waals surface area (Å²) in [6.45, 7) is -1.24. The third kappa shape index (κ3) is 8.58. The Labute approximate surface area is 261 Å². The number of carbonyl (C=O) groups is 2. The molecule has 46 heavy (non-hydrogen) atoms. The van der Waals surface area contributed by atoms with E-state index >= 15 is 0 Å². The topological polar surface area (TPSA) is 262 Å². The van der Waals surface area contributed by atoms with Gasteiger partial charge in [-0.15, -0.1) is 0 Å². The SMILES string of the molecule is O=C(/C=C/c1ccc(O)cc1)OC[C@H]1O[C@@H](Oc2ccc(/C=C/C(=O)O[C@@H]3O[C@H](CO)[C@@H](O)[C@H](O)[C@H]3O)cc2O)[C@H](O)[C@@H](O)[C@@H]1O. The van der Waals surface area contributed by atoms with Gasteiger partial charge >= 0.3 is 11.9 Å². The third-order valence-electron chi connectivity index (χ3n) is 7.08. The number of carbonyl (C=O) groups excluding carboxylic acids is 2. The molecule has 0 aromatic heterocycles. The normalized spacial score (nSPS) is 31.5. The second kappa shape index (κ2) is 15.5. The van der Waals surface area contributed by atoms with E-state index in [1.54, 1.807) is 12.1 Å². The predicted molar refractivity (Wildman–Crippen MR) is 152 cm³/mol. The van der Waals surface area contributed by atoms with Crippen LogP contribution in [0.3, 0.4) is 0 Å². The maximum Gasteiger partial charge on any atom is 0.333 e. The Balaban J connectivity index is 1.32. The monoisotopic (exact) mass is 650 g/mol. The van der Waals surface area contributed by atoms with E-state index in [1.165, 1.54) is 36.4 Å². The van der Waals surface area contributed by atoms with Crippen LogP contribution in [0.15, 0.2) is 54.6 Å². The molecule has 2 aromatic carbocycles. The lowest BCUT2D eigenvalue weighted by molar-refractivity contribution is -0.291. The predicted octanol–water partition coefficient (Wildman–Crippen LogP) is -2.10. The maximum atomic E-state index is 12.2. The number of phenols is 2. The van der Waals surface area contributed by atoms with Crippen LogP contribution in [0.5, 0.6) is 17.2 Å². The van der Waals surface area contributed by atoms with Crippen LogP contribution in [-0.2, 0) is 28.5 Å². The molecule has 2 aliphatic heterocycles. The minimum atomic E-state index is -1.78. The third-order valence-corrected chi connectivity index (χ3v) is 7.08. The van der Waals surface area contributed by atoms with E-state index in [0.29, 0.717) is 5.56 Å². The molecule has 0 bridgehead atoms. The summed E-state index contributed by atoms with van der Waals surface area (Å²) in [7, 11) is 0. The van der Waals surface area contributed by atoms with E-state index in [-0.39, 0.29) is 17.1 Å². The van der Waals surface area contributed by atoms with Gasteiger partial charge in [-0.25, -0.2) is 9.59 Å². The second-order valence-corrected chi connectivity index (χ2v) is 10.4. The van der Waals surface area contributed by atoms with Crippen molar-refractivity contribution in [2.75, 3.05) is 13.2 Å². The zero-order valence-electron chi connectivity index (χ0n) is 23.9. The lowest BCUT2D eigenvalue weighted by atomic mass is 9.99. The van der Waals surface area contributed by atoms with Crippen molar-refractivity contribution in [3.05, 3.63) is 65.7 Å². The molecular weight excluding hydrogens is 616 g/mol. The number of aliphatic hydroxyl groups is 7. The summed E-state index contributed by atoms with van der Waals surface area (Å²) in [5.41, 5.74) is 0.853. The van der Waals surface area contributed by atoms with Crippen LogP contribution in [-0.4, -0.2) is 133 Å². The fourth-order valence-corrected chi connectivity index (χ4v) is 4.46. The largest absolute Gasteiger partial charge is 0.508 e. The van der Waals surface area contributed by atoms with Gasteiger partial charge in [0.15, 0.2) is 11.5 Å². The lowest BCUT2D eigenvalue weighted by Crippen LogP contribution is -2.60. The van der Waals surface area contributed by atoms with E-state index in [1.807, 2.05) is 0 Å². The summed E-state index contributed by atoms with van der Waals surface area (Å²) in [6.07, 6.45) is -11.6. The van der Waals surface area contributed by atoms with Gasteiger partial charge in [0.1, 0.15) is 61.2 Å². The van der Waals surface area contributed by atoms with E-state index < -0.39 is 92.3 Å². The molecule has 2 aliphatic rings. The molecule has 2 saturated heterocycles. The molecule has 2 fully saturated rings. The molecular formula is C30H34O16. The number of benzene rings is 2. The van der Waals surface area contributed by atoms with Crippen LogP contribution in [0, 0.1) is 0 Å². The lowest BCUT2D eigenvalue weighted by Gasteiger charge is -2.39. The number of aliphatic hydroxyl groups excluding tert-OH is 7. The molecule has 0 unspecified atom stereocenters. The van der Waals surface area contributed by atoms with Gasteiger partial charge in [-0.2, -0.15) is 0 Å². The highest BCUT2D eigenvalue weighted by Crippen LogP contribution is 2.32. The second-order valence-electron chi connectivity index (χ2n) is 10.4. The smallest absolute Gasteiger partial charge is 0.333 e. The summed E-state index contributed by atoms with van der Waals surface area (Å²) in [6, 6.07) is 9.77. The number of rotatable bonds is 10. The van der Waals surface area contributed by atoms with Crippen molar-refractivity contribution >= 4 is 24.1 Å². The number of esters is 2. The van der Waals surface area contributed by atoms with Gasteiger partial charge < -0.3 is 69.6 Å². The minimum Gasteiger partial charge on any atom is -0.508 e. The zero-order valence-corrected chi connectivity index (χ0v) is 23.9. The van der Waals surface area contributed by atoms with E-state index in [4.69, 9.17) is 23.7 Å². The molecule has 0 spiro atoms. The molecule has 16 heteroatoms. The highest BCUT2D eigenvalue weighted by Gasteiger charge is 2.46. The Kier molecular flexibility index (Phi) is 11.7. The zero-order chi connectivity index (χ0) is 33.5. The first-order chi connectivity index (χ1) is 21.9. The van der Waals surface area contributed by atoms with Crippen LogP contribution in [0.25, 0.3) is 12.2 Å².